The minimum Gasteiger partial charge on any atom is -0.309 e. The van der Waals surface area contributed by atoms with Gasteiger partial charge in [-0.1, -0.05) is 176 Å². The molecule has 2 aromatic heterocycles. The van der Waals surface area contributed by atoms with Crippen molar-refractivity contribution in [1.82, 2.24) is 19.5 Å². The summed E-state index contributed by atoms with van der Waals surface area (Å²) in [5, 5.41) is 1.26. The Bertz CT molecular complexity index is 3110. The molecule has 0 aliphatic carbocycles. The van der Waals surface area contributed by atoms with Crippen molar-refractivity contribution in [2.24, 2.45) is 0 Å². The molecular formula is C51H34N4. The van der Waals surface area contributed by atoms with Gasteiger partial charge in [0.15, 0.2) is 17.5 Å². The van der Waals surface area contributed by atoms with Gasteiger partial charge in [0, 0.05) is 33.2 Å². The second-order valence-electron chi connectivity index (χ2n) is 13.4. The van der Waals surface area contributed by atoms with Gasteiger partial charge in [-0.2, -0.15) is 0 Å². The highest BCUT2D eigenvalue weighted by Gasteiger charge is 2.15. The fourth-order valence-electron chi connectivity index (χ4n) is 7.23. The van der Waals surface area contributed by atoms with Crippen molar-refractivity contribution in [2.45, 2.75) is 0 Å². The number of fused-ring (bicyclic) bond motifs is 3. The quantitative estimate of drug-likeness (QED) is 0.166. The van der Waals surface area contributed by atoms with Crippen LogP contribution in [0.2, 0.25) is 0 Å². The van der Waals surface area contributed by atoms with E-state index in [9.17, 15) is 0 Å². The summed E-state index contributed by atoms with van der Waals surface area (Å²) in [6, 6.07) is 60.3. The van der Waals surface area contributed by atoms with Gasteiger partial charge in [0.1, 0.15) is 0 Å². The average Bonchev–Trinajstić information content (AvgIpc) is 3.66. The summed E-state index contributed by atoms with van der Waals surface area (Å²) in [6.45, 7) is 0. The van der Waals surface area contributed by atoms with Crippen LogP contribution in [-0.2, 0) is 0 Å². The van der Waals surface area contributed by atoms with Crippen LogP contribution < -0.4 is 0 Å². The minimum absolute atomic E-state index is 0.0507. The van der Waals surface area contributed by atoms with E-state index in [0.717, 1.165) is 66.7 Å². The van der Waals surface area contributed by atoms with Gasteiger partial charge in [0.2, 0.25) is 0 Å². The Morgan fingerprint density at radius 2 is 0.745 bits per heavy atom. The predicted molar refractivity (Wildman–Crippen MR) is 227 cm³/mol. The van der Waals surface area contributed by atoms with E-state index in [2.05, 4.69) is 54.6 Å². The molecule has 2 heterocycles. The van der Waals surface area contributed by atoms with Crippen molar-refractivity contribution in [2.75, 3.05) is 0 Å². The molecule has 4 heteroatoms. The second kappa shape index (κ2) is 13.8. The lowest BCUT2D eigenvalue weighted by molar-refractivity contribution is 1.07. The zero-order chi connectivity index (χ0) is 40.0. The van der Waals surface area contributed by atoms with E-state index in [1.807, 2.05) is 132 Å². The van der Waals surface area contributed by atoms with Crippen molar-refractivity contribution in [1.29, 1.82) is 0 Å². The monoisotopic (exact) mass is 706 g/mol. The summed E-state index contributed by atoms with van der Waals surface area (Å²) < 4.78 is 37.1. The summed E-state index contributed by atoms with van der Waals surface area (Å²) >= 11 is 0. The van der Waals surface area contributed by atoms with Crippen LogP contribution in [0, 0.1) is 0 Å². The molecule has 0 radical (unpaired) electrons. The third kappa shape index (κ3) is 6.16. The SMILES string of the molecule is [2H]c1c([2H])c([2H])c2c(c1[2H])c1ccc(-c3cccc(-c4ccccc4)c3)cc1n2-c1ccc(-c2ccc(-c3nc(-c4ccccc4)nc(-c4ccccc4)n3)cc2)cc1. The molecule has 55 heavy (non-hydrogen) atoms. The highest BCUT2D eigenvalue weighted by Crippen LogP contribution is 2.36. The van der Waals surface area contributed by atoms with Crippen LogP contribution in [0.15, 0.2) is 206 Å². The number of benzene rings is 8. The fourth-order valence-corrected chi connectivity index (χ4v) is 7.23. The molecule has 0 atom stereocenters. The molecule has 0 saturated heterocycles. The standard InChI is InChI=1S/C51H34N4/c1-4-13-35(14-5-1)41-19-12-20-42(33-41)43-29-32-46-45-21-10-11-22-47(45)55(48(46)34-43)44-30-27-37(28-31-44)36-23-25-40(26-24-36)51-53-49(38-15-6-2-7-16-38)52-50(54-51)39-17-8-3-9-18-39/h1-34H/i10D,11D,21D,22D. The van der Waals surface area contributed by atoms with Crippen molar-refractivity contribution >= 4 is 21.8 Å². The third-order valence-electron chi connectivity index (χ3n) is 10.0. The lowest BCUT2D eigenvalue weighted by atomic mass is 9.98. The molecule has 4 nitrogen and oxygen atoms in total. The summed E-state index contributed by atoms with van der Waals surface area (Å²) in [5.74, 6) is 1.80. The first-order chi connectivity index (χ1) is 28.9. The molecule has 8 aromatic carbocycles. The van der Waals surface area contributed by atoms with Crippen LogP contribution in [-0.4, -0.2) is 19.5 Å². The third-order valence-corrected chi connectivity index (χ3v) is 10.0. The first-order valence-corrected chi connectivity index (χ1v) is 18.2. The number of hydrogen-bond acceptors (Lipinski definition) is 3. The fraction of sp³-hybridized carbons (Fsp3) is 0. The van der Waals surface area contributed by atoms with Gasteiger partial charge < -0.3 is 4.57 Å². The average molecular weight is 707 g/mol. The van der Waals surface area contributed by atoms with E-state index in [1.165, 1.54) is 0 Å². The Morgan fingerprint density at radius 3 is 1.35 bits per heavy atom. The summed E-state index contributed by atoms with van der Waals surface area (Å²) in [5.41, 5.74) is 11.0. The number of hydrogen-bond donors (Lipinski definition) is 0. The smallest absolute Gasteiger partial charge is 0.164 e. The second-order valence-corrected chi connectivity index (χ2v) is 13.4. The maximum atomic E-state index is 9.06. The van der Waals surface area contributed by atoms with Crippen LogP contribution >= 0.6 is 0 Å². The molecule has 0 N–H and O–H groups in total. The topological polar surface area (TPSA) is 43.6 Å². The van der Waals surface area contributed by atoms with Gasteiger partial charge in [-0.05, 0) is 63.7 Å². The first kappa shape index (κ1) is 28.1. The molecule has 258 valence electrons. The van der Waals surface area contributed by atoms with Gasteiger partial charge in [0.05, 0.1) is 16.5 Å². The molecule has 0 unspecified atom stereocenters. The van der Waals surface area contributed by atoms with Crippen molar-refractivity contribution in [3.8, 4) is 73.2 Å². The molecular weight excluding hydrogens is 669 g/mol. The number of para-hydroxylation sites is 1. The van der Waals surface area contributed by atoms with Crippen LogP contribution in [0.3, 0.4) is 0 Å². The summed E-state index contributed by atoms with van der Waals surface area (Å²) in [6.07, 6.45) is 0. The molecule has 10 rings (SSSR count). The van der Waals surface area contributed by atoms with E-state index in [-0.39, 0.29) is 24.2 Å². The molecule has 0 aliphatic rings. The normalized spacial score (nSPS) is 12.3. The van der Waals surface area contributed by atoms with Gasteiger partial charge in [-0.25, -0.2) is 15.0 Å². The van der Waals surface area contributed by atoms with Crippen LogP contribution in [0.25, 0.3) is 95.0 Å². The van der Waals surface area contributed by atoms with E-state index >= 15 is 0 Å². The van der Waals surface area contributed by atoms with E-state index in [0.29, 0.717) is 28.4 Å². The number of nitrogens with zero attached hydrogens (tertiary/aromatic N) is 4. The number of rotatable bonds is 7. The van der Waals surface area contributed by atoms with Gasteiger partial charge in [0.25, 0.3) is 0 Å². The Kier molecular flexibility index (Phi) is 7.08. The minimum atomic E-state index is -0.260. The zero-order valence-corrected chi connectivity index (χ0v) is 29.6. The predicted octanol–water partition coefficient (Wildman–Crippen LogP) is 13.0. The maximum absolute atomic E-state index is 9.06. The summed E-state index contributed by atoms with van der Waals surface area (Å²) in [7, 11) is 0. The largest absolute Gasteiger partial charge is 0.309 e. The molecule has 0 saturated carbocycles. The zero-order valence-electron chi connectivity index (χ0n) is 33.6. The van der Waals surface area contributed by atoms with Crippen LogP contribution in [0.5, 0.6) is 0 Å². The molecule has 0 amide bonds. The van der Waals surface area contributed by atoms with Gasteiger partial charge in [-0.15, -0.1) is 0 Å². The molecule has 0 bridgehead atoms. The van der Waals surface area contributed by atoms with Crippen LogP contribution in [0.1, 0.15) is 5.48 Å². The Morgan fingerprint density at radius 1 is 0.327 bits per heavy atom. The molecule has 10 aromatic rings. The van der Waals surface area contributed by atoms with Gasteiger partial charge >= 0.3 is 0 Å². The van der Waals surface area contributed by atoms with Crippen molar-refractivity contribution in [3.63, 3.8) is 0 Å². The maximum Gasteiger partial charge on any atom is 0.164 e. The molecule has 0 spiro atoms. The Labute approximate surface area is 325 Å². The van der Waals surface area contributed by atoms with E-state index in [4.69, 9.17) is 20.4 Å². The van der Waals surface area contributed by atoms with Gasteiger partial charge in [-0.3, -0.25) is 0 Å². The molecule has 0 aliphatic heterocycles. The van der Waals surface area contributed by atoms with E-state index < -0.39 is 0 Å². The Balaban J connectivity index is 1.04. The van der Waals surface area contributed by atoms with E-state index in [1.54, 1.807) is 0 Å². The lowest BCUT2D eigenvalue weighted by Crippen LogP contribution is -2.00. The lowest BCUT2D eigenvalue weighted by Gasteiger charge is -2.11. The highest BCUT2D eigenvalue weighted by molar-refractivity contribution is 6.10. The summed E-state index contributed by atoms with van der Waals surface area (Å²) in [4.78, 5) is 14.6. The van der Waals surface area contributed by atoms with Crippen molar-refractivity contribution < 1.29 is 5.48 Å². The first-order valence-electron chi connectivity index (χ1n) is 20.2. The van der Waals surface area contributed by atoms with Crippen LogP contribution in [0.4, 0.5) is 0 Å². The number of aromatic nitrogens is 4. The van der Waals surface area contributed by atoms with Crippen molar-refractivity contribution in [3.05, 3.63) is 206 Å². The highest BCUT2D eigenvalue weighted by atomic mass is 15.0. The molecule has 0 fully saturated rings. The Hall–Kier alpha value is -7.43.